The number of carbonyl (C=O) groups is 3. The van der Waals surface area contributed by atoms with Gasteiger partial charge in [-0.3, -0.25) is 14.4 Å². The summed E-state index contributed by atoms with van der Waals surface area (Å²) in [5.74, 6) is -1.34. The number of benzene rings is 1. The Bertz CT molecular complexity index is 583. The Labute approximate surface area is 135 Å². The van der Waals surface area contributed by atoms with Gasteiger partial charge in [-0.2, -0.15) is 0 Å². The van der Waals surface area contributed by atoms with Crippen molar-refractivity contribution in [2.24, 2.45) is 5.73 Å². The van der Waals surface area contributed by atoms with Crippen molar-refractivity contribution in [1.29, 1.82) is 0 Å². The van der Waals surface area contributed by atoms with Crippen molar-refractivity contribution in [3.05, 3.63) is 35.4 Å². The zero-order valence-corrected chi connectivity index (χ0v) is 13.3. The highest BCUT2D eigenvalue weighted by Crippen LogP contribution is 2.17. The molecule has 1 heterocycles. The average molecular weight is 318 g/mol. The minimum atomic E-state index is -0.591. The van der Waals surface area contributed by atoms with E-state index < -0.39 is 17.9 Å². The van der Waals surface area contributed by atoms with Gasteiger partial charge in [-0.25, -0.2) is 0 Å². The van der Waals surface area contributed by atoms with Crippen molar-refractivity contribution in [3.8, 4) is 0 Å². The van der Waals surface area contributed by atoms with Gasteiger partial charge in [0.15, 0.2) is 6.61 Å². The number of ether oxygens (including phenoxy) is 1. The van der Waals surface area contributed by atoms with Gasteiger partial charge in [0.05, 0.1) is 6.42 Å². The number of piperidine rings is 1. The molecule has 2 amide bonds. The second kappa shape index (κ2) is 7.76. The molecule has 6 heteroatoms. The molecule has 23 heavy (non-hydrogen) atoms. The van der Waals surface area contributed by atoms with E-state index in [4.69, 9.17) is 10.5 Å². The third-order valence-corrected chi connectivity index (χ3v) is 3.98. The van der Waals surface area contributed by atoms with Crippen LogP contribution >= 0.6 is 0 Å². The summed E-state index contributed by atoms with van der Waals surface area (Å²) >= 11 is 0. The Morgan fingerprint density at radius 2 is 1.91 bits per heavy atom. The van der Waals surface area contributed by atoms with E-state index in [-0.39, 0.29) is 18.9 Å². The van der Waals surface area contributed by atoms with E-state index in [0.717, 1.165) is 24.0 Å². The van der Waals surface area contributed by atoms with Crippen molar-refractivity contribution in [1.82, 2.24) is 4.90 Å². The molecule has 1 fully saturated rings. The molecule has 2 N–H and O–H groups in total. The topological polar surface area (TPSA) is 89.7 Å². The summed E-state index contributed by atoms with van der Waals surface area (Å²) in [5.41, 5.74) is 7.27. The van der Waals surface area contributed by atoms with Crippen LogP contribution in [0, 0.1) is 6.92 Å². The molecule has 124 valence electrons. The highest BCUT2D eigenvalue weighted by Gasteiger charge is 2.30. The predicted octanol–water partition coefficient (Wildman–Crippen LogP) is 0.947. The summed E-state index contributed by atoms with van der Waals surface area (Å²) in [4.78, 5) is 36.8. The smallest absolute Gasteiger partial charge is 0.310 e. The van der Waals surface area contributed by atoms with Gasteiger partial charge in [0.1, 0.15) is 6.04 Å². The largest absolute Gasteiger partial charge is 0.455 e. The van der Waals surface area contributed by atoms with Crippen LogP contribution in [0.3, 0.4) is 0 Å². The molecule has 6 nitrogen and oxygen atoms in total. The molecule has 0 unspecified atom stereocenters. The lowest BCUT2D eigenvalue weighted by atomic mass is 10.0. The Kier molecular flexibility index (Phi) is 5.73. The number of aryl methyl sites for hydroxylation is 1. The molecule has 1 aromatic rings. The van der Waals surface area contributed by atoms with Gasteiger partial charge in [0.2, 0.25) is 5.91 Å². The van der Waals surface area contributed by atoms with E-state index in [9.17, 15) is 14.4 Å². The van der Waals surface area contributed by atoms with E-state index in [1.807, 2.05) is 31.2 Å². The van der Waals surface area contributed by atoms with Gasteiger partial charge in [-0.05, 0) is 31.7 Å². The average Bonchev–Trinajstić information content (AvgIpc) is 2.54. The summed E-state index contributed by atoms with van der Waals surface area (Å²) in [6, 6.07) is 6.95. The molecule has 1 aliphatic heterocycles. The van der Waals surface area contributed by atoms with E-state index in [0.29, 0.717) is 13.0 Å². The summed E-state index contributed by atoms with van der Waals surface area (Å²) < 4.78 is 5.04. The summed E-state index contributed by atoms with van der Waals surface area (Å²) in [7, 11) is 0. The number of hydrogen-bond acceptors (Lipinski definition) is 4. The Morgan fingerprint density at radius 3 is 2.57 bits per heavy atom. The second-order valence-corrected chi connectivity index (χ2v) is 5.82. The maximum Gasteiger partial charge on any atom is 0.310 e. The first-order valence-electron chi connectivity index (χ1n) is 7.77. The molecule has 0 radical (unpaired) electrons. The number of hydrogen-bond donors (Lipinski definition) is 1. The third-order valence-electron chi connectivity index (χ3n) is 3.98. The van der Waals surface area contributed by atoms with E-state index in [1.165, 1.54) is 4.90 Å². The highest BCUT2D eigenvalue weighted by atomic mass is 16.5. The molecular weight excluding hydrogens is 296 g/mol. The first kappa shape index (κ1) is 17.0. The number of carbonyl (C=O) groups excluding carboxylic acids is 3. The maximum atomic E-state index is 12.2. The number of rotatable bonds is 5. The Hall–Kier alpha value is -2.37. The van der Waals surface area contributed by atoms with Crippen LogP contribution < -0.4 is 5.73 Å². The summed E-state index contributed by atoms with van der Waals surface area (Å²) in [6.07, 6.45) is 2.38. The zero-order valence-electron chi connectivity index (χ0n) is 13.3. The molecular formula is C17H22N2O4. The molecule has 0 bridgehead atoms. The van der Waals surface area contributed by atoms with Crippen molar-refractivity contribution >= 4 is 17.8 Å². The molecule has 0 spiro atoms. The fourth-order valence-electron chi connectivity index (χ4n) is 2.67. The van der Waals surface area contributed by atoms with Gasteiger partial charge in [-0.15, -0.1) is 0 Å². The Morgan fingerprint density at radius 1 is 1.22 bits per heavy atom. The molecule has 1 aromatic carbocycles. The molecule has 2 rings (SSSR count). The fourth-order valence-corrected chi connectivity index (χ4v) is 2.67. The van der Waals surface area contributed by atoms with Crippen LogP contribution in [0.2, 0.25) is 0 Å². The number of nitrogens with zero attached hydrogens (tertiary/aromatic N) is 1. The SMILES string of the molecule is Cc1ccc(CC(=O)OCC(=O)N2CCCC[C@H]2C(N)=O)cc1. The van der Waals surface area contributed by atoms with Crippen molar-refractivity contribution < 1.29 is 19.1 Å². The quantitative estimate of drug-likeness (QED) is 0.818. The first-order chi connectivity index (χ1) is 11.0. The number of amides is 2. The lowest BCUT2D eigenvalue weighted by Gasteiger charge is -2.33. The van der Waals surface area contributed by atoms with Crippen molar-refractivity contribution in [2.75, 3.05) is 13.2 Å². The molecule has 0 aliphatic carbocycles. The van der Waals surface area contributed by atoms with E-state index in [2.05, 4.69) is 0 Å². The number of likely N-dealkylation sites (tertiary alicyclic amines) is 1. The van der Waals surface area contributed by atoms with E-state index >= 15 is 0 Å². The van der Waals surface area contributed by atoms with Gasteiger partial charge < -0.3 is 15.4 Å². The van der Waals surface area contributed by atoms with Crippen LogP contribution in [0.1, 0.15) is 30.4 Å². The third kappa shape index (κ3) is 4.81. The van der Waals surface area contributed by atoms with Crippen molar-refractivity contribution in [3.63, 3.8) is 0 Å². The Balaban J connectivity index is 1.84. The molecule has 0 aromatic heterocycles. The fraction of sp³-hybridized carbons (Fsp3) is 0.471. The minimum Gasteiger partial charge on any atom is -0.455 e. The lowest BCUT2D eigenvalue weighted by Crippen LogP contribution is -2.51. The van der Waals surface area contributed by atoms with Crippen LogP contribution in [0.4, 0.5) is 0 Å². The summed E-state index contributed by atoms with van der Waals surface area (Å²) in [6.45, 7) is 2.09. The maximum absolute atomic E-state index is 12.2. The van der Waals surface area contributed by atoms with Crippen LogP contribution in [-0.4, -0.2) is 41.9 Å². The molecule has 1 saturated heterocycles. The monoisotopic (exact) mass is 318 g/mol. The van der Waals surface area contributed by atoms with Crippen LogP contribution in [0.25, 0.3) is 0 Å². The van der Waals surface area contributed by atoms with Crippen LogP contribution in [0.5, 0.6) is 0 Å². The predicted molar refractivity (Wildman–Crippen MR) is 84.4 cm³/mol. The first-order valence-corrected chi connectivity index (χ1v) is 7.77. The number of primary amides is 1. The van der Waals surface area contributed by atoms with E-state index in [1.54, 1.807) is 0 Å². The number of nitrogens with two attached hydrogens (primary N) is 1. The molecule has 0 saturated carbocycles. The van der Waals surface area contributed by atoms with Crippen LogP contribution in [-0.2, 0) is 25.5 Å². The standard InChI is InChI=1S/C17H22N2O4/c1-12-5-7-13(8-6-12)10-16(21)23-11-15(20)19-9-3-2-4-14(19)17(18)22/h5-8,14H,2-4,9-11H2,1H3,(H2,18,22)/t14-/m0/s1. The molecule has 1 aliphatic rings. The molecule has 1 atom stereocenters. The van der Waals surface area contributed by atoms with Gasteiger partial charge in [0, 0.05) is 6.54 Å². The van der Waals surface area contributed by atoms with Gasteiger partial charge >= 0.3 is 5.97 Å². The highest BCUT2D eigenvalue weighted by molar-refractivity contribution is 5.88. The normalized spacial score (nSPS) is 17.6. The van der Waals surface area contributed by atoms with Gasteiger partial charge in [0.25, 0.3) is 5.91 Å². The second-order valence-electron chi connectivity index (χ2n) is 5.82. The zero-order chi connectivity index (χ0) is 16.8. The van der Waals surface area contributed by atoms with Gasteiger partial charge in [-0.1, -0.05) is 29.8 Å². The lowest BCUT2D eigenvalue weighted by molar-refractivity contribution is -0.154. The number of esters is 1. The van der Waals surface area contributed by atoms with Crippen LogP contribution in [0.15, 0.2) is 24.3 Å². The van der Waals surface area contributed by atoms with Crippen molar-refractivity contribution in [2.45, 2.75) is 38.6 Å². The summed E-state index contributed by atoms with van der Waals surface area (Å²) in [5, 5.41) is 0. The minimum absolute atomic E-state index is 0.118.